The van der Waals surface area contributed by atoms with Crippen molar-refractivity contribution in [2.24, 2.45) is 0 Å². The fourth-order valence-corrected chi connectivity index (χ4v) is 4.26. The molecule has 6 heteroatoms. The highest BCUT2D eigenvalue weighted by atomic mass is 32.2. The number of hydrogen-bond acceptors (Lipinski definition) is 3. The van der Waals surface area contributed by atoms with E-state index in [0.717, 1.165) is 19.3 Å². The second-order valence-corrected chi connectivity index (χ2v) is 8.31. The molecule has 2 aromatic rings. The van der Waals surface area contributed by atoms with Crippen molar-refractivity contribution in [3.05, 3.63) is 59.2 Å². The summed E-state index contributed by atoms with van der Waals surface area (Å²) in [6, 6.07) is 11.8. The van der Waals surface area contributed by atoms with Gasteiger partial charge in [-0.2, -0.15) is 0 Å². The van der Waals surface area contributed by atoms with Crippen LogP contribution in [-0.2, 0) is 22.9 Å². The van der Waals surface area contributed by atoms with E-state index in [9.17, 15) is 13.2 Å². The monoisotopic (exact) mass is 358 g/mol. The van der Waals surface area contributed by atoms with Crippen molar-refractivity contribution < 1.29 is 13.2 Å². The van der Waals surface area contributed by atoms with Gasteiger partial charge in [-0.15, -0.1) is 0 Å². The summed E-state index contributed by atoms with van der Waals surface area (Å²) in [5, 5.41) is 2.81. The average Bonchev–Trinajstić information content (AvgIpc) is 3.01. The molecule has 25 heavy (non-hydrogen) atoms. The van der Waals surface area contributed by atoms with Crippen molar-refractivity contribution in [1.29, 1.82) is 0 Å². The first-order valence-corrected chi connectivity index (χ1v) is 9.89. The molecule has 1 amide bonds. The van der Waals surface area contributed by atoms with Crippen LogP contribution >= 0.6 is 0 Å². The van der Waals surface area contributed by atoms with Crippen molar-refractivity contribution in [2.75, 3.05) is 5.32 Å². The highest BCUT2D eigenvalue weighted by Crippen LogP contribution is 2.23. The maximum absolute atomic E-state index is 12.4. The number of benzene rings is 2. The molecule has 0 spiro atoms. The molecular weight excluding hydrogens is 336 g/mol. The number of amides is 1. The van der Waals surface area contributed by atoms with Gasteiger partial charge in [-0.3, -0.25) is 4.79 Å². The number of nitrogens with one attached hydrogen (secondary N) is 2. The van der Waals surface area contributed by atoms with Crippen LogP contribution in [0.1, 0.15) is 41.8 Å². The third-order valence-corrected chi connectivity index (χ3v) is 5.85. The molecule has 0 saturated carbocycles. The molecule has 0 heterocycles. The summed E-state index contributed by atoms with van der Waals surface area (Å²) < 4.78 is 26.7. The minimum absolute atomic E-state index is 0.177. The van der Waals surface area contributed by atoms with Crippen molar-refractivity contribution in [2.45, 2.75) is 44.0 Å². The molecule has 0 unspecified atom stereocenters. The molecule has 3 rings (SSSR count). The lowest BCUT2D eigenvalue weighted by Crippen LogP contribution is -2.30. The molecule has 132 valence electrons. The van der Waals surface area contributed by atoms with E-state index in [1.807, 2.05) is 18.2 Å². The molecular formula is C19H22N2O3S. The lowest BCUT2D eigenvalue weighted by atomic mass is 10.1. The van der Waals surface area contributed by atoms with E-state index >= 15 is 0 Å². The summed E-state index contributed by atoms with van der Waals surface area (Å²) in [4.78, 5) is 12.6. The van der Waals surface area contributed by atoms with E-state index in [2.05, 4.69) is 10.0 Å². The number of fused-ring (bicyclic) bond motifs is 1. The van der Waals surface area contributed by atoms with E-state index in [-0.39, 0.29) is 16.8 Å². The molecule has 5 nitrogen and oxygen atoms in total. The summed E-state index contributed by atoms with van der Waals surface area (Å²) in [7, 11) is -3.53. The number of carbonyl (C=O) groups is 1. The fourth-order valence-electron chi connectivity index (χ4n) is 3.01. The number of carbonyl (C=O) groups excluding carboxylic acids is 1. The lowest BCUT2D eigenvalue weighted by Gasteiger charge is -2.11. The van der Waals surface area contributed by atoms with E-state index in [1.165, 1.54) is 23.3 Å². The lowest BCUT2D eigenvalue weighted by molar-refractivity contribution is 0.102. The summed E-state index contributed by atoms with van der Waals surface area (Å²) in [6.07, 6.45) is 3.24. The Bertz CT molecular complexity index is 887. The Morgan fingerprint density at radius 1 is 1.00 bits per heavy atom. The van der Waals surface area contributed by atoms with Crippen molar-refractivity contribution in [3.63, 3.8) is 0 Å². The number of sulfonamides is 1. The van der Waals surface area contributed by atoms with Crippen molar-refractivity contribution in [3.8, 4) is 0 Å². The molecule has 0 fully saturated rings. The molecule has 1 aliphatic rings. The van der Waals surface area contributed by atoms with E-state index < -0.39 is 10.0 Å². The van der Waals surface area contributed by atoms with E-state index in [1.54, 1.807) is 26.0 Å². The van der Waals surface area contributed by atoms with Crippen LogP contribution in [0.3, 0.4) is 0 Å². The molecule has 0 saturated heterocycles. The number of rotatable bonds is 5. The van der Waals surface area contributed by atoms with Gasteiger partial charge in [-0.25, -0.2) is 13.1 Å². The van der Waals surface area contributed by atoms with Gasteiger partial charge in [-0.1, -0.05) is 6.07 Å². The standard InChI is InChI=1S/C19H22N2O3S/c1-13(2)21-25(23,24)18-10-8-17(9-11-18)20-19(22)16-7-6-14-4-3-5-15(14)12-16/h6-13,21H,3-5H2,1-2H3,(H,20,22). The smallest absolute Gasteiger partial charge is 0.255 e. The highest BCUT2D eigenvalue weighted by Gasteiger charge is 2.16. The van der Waals surface area contributed by atoms with Gasteiger partial charge in [0.2, 0.25) is 10.0 Å². The van der Waals surface area contributed by atoms with E-state index in [0.29, 0.717) is 11.3 Å². The van der Waals surface area contributed by atoms with Crippen LogP contribution in [0.2, 0.25) is 0 Å². The maximum Gasteiger partial charge on any atom is 0.255 e. The Balaban J connectivity index is 1.72. The molecule has 1 aliphatic carbocycles. The molecule has 0 radical (unpaired) electrons. The zero-order valence-corrected chi connectivity index (χ0v) is 15.2. The van der Waals surface area contributed by atoms with E-state index in [4.69, 9.17) is 0 Å². The molecule has 0 atom stereocenters. The maximum atomic E-state index is 12.4. The normalized spacial score (nSPS) is 13.7. The van der Waals surface area contributed by atoms with Crippen LogP contribution in [0.15, 0.2) is 47.4 Å². The largest absolute Gasteiger partial charge is 0.322 e. The summed E-state index contributed by atoms with van der Waals surface area (Å²) in [5.41, 5.74) is 3.76. The topological polar surface area (TPSA) is 75.3 Å². The average molecular weight is 358 g/mol. The summed E-state index contributed by atoms with van der Waals surface area (Å²) in [6.45, 7) is 3.53. The third kappa shape index (κ3) is 4.08. The minimum Gasteiger partial charge on any atom is -0.322 e. The SMILES string of the molecule is CC(C)NS(=O)(=O)c1ccc(NC(=O)c2ccc3c(c2)CCC3)cc1. The van der Waals surface area contributed by atoms with Gasteiger partial charge >= 0.3 is 0 Å². The second-order valence-electron chi connectivity index (χ2n) is 6.59. The Hall–Kier alpha value is -2.18. The van der Waals surface area contributed by atoms with Gasteiger partial charge in [0.25, 0.3) is 5.91 Å². The first-order chi connectivity index (χ1) is 11.8. The first kappa shape index (κ1) is 17.6. The van der Waals surface area contributed by atoms with Gasteiger partial charge in [0.1, 0.15) is 0 Å². The van der Waals surface area contributed by atoms with Gasteiger partial charge < -0.3 is 5.32 Å². The van der Waals surface area contributed by atoms with Crippen LogP contribution in [0, 0.1) is 0 Å². The first-order valence-electron chi connectivity index (χ1n) is 8.41. The number of hydrogen-bond donors (Lipinski definition) is 2. The predicted octanol–water partition coefficient (Wildman–Crippen LogP) is 3.11. The van der Waals surface area contributed by atoms with Gasteiger partial charge in [0, 0.05) is 17.3 Å². The minimum atomic E-state index is -3.53. The molecule has 2 aromatic carbocycles. The zero-order chi connectivity index (χ0) is 18.0. The summed E-state index contributed by atoms with van der Waals surface area (Å²) in [5.74, 6) is -0.189. The highest BCUT2D eigenvalue weighted by molar-refractivity contribution is 7.89. The van der Waals surface area contributed by atoms with Crippen LogP contribution in [0.5, 0.6) is 0 Å². The van der Waals surface area contributed by atoms with Gasteiger partial charge in [0.15, 0.2) is 0 Å². The van der Waals surface area contributed by atoms with Crippen LogP contribution in [0.4, 0.5) is 5.69 Å². The number of anilines is 1. The Labute approximate surface area is 148 Å². The molecule has 0 aromatic heterocycles. The van der Waals surface area contributed by atoms with Crippen LogP contribution in [0.25, 0.3) is 0 Å². The van der Waals surface area contributed by atoms with Crippen LogP contribution < -0.4 is 10.0 Å². The molecule has 0 aliphatic heterocycles. The quantitative estimate of drug-likeness (QED) is 0.862. The Morgan fingerprint density at radius 3 is 2.36 bits per heavy atom. The molecule has 2 N–H and O–H groups in total. The predicted molar refractivity (Wildman–Crippen MR) is 98.3 cm³/mol. The second kappa shape index (κ2) is 6.98. The Morgan fingerprint density at radius 2 is 1.68 bits per heavy atom. The van der Waals surface area contributed by atoms with Gasteiger partial charge in [0.05, 0.1) is 4.90 Å². The van der Waals surface area contributed by atoms with Crippen LogP contribution in [-0.4, -0.2) is 20.4 Å². The number of aryl methyl sites for hydroxylation is 2. The fraction of sp³-hybridized carbons (Fsp3) is 0.316. The van der Waals surface area contributed by atoms with Crippen molar-refractivity contribution >= 4 is 21.6 Å². The third-order valence-electron chi connectivity index (χ3n) is 4.17. The zero-order valence-electron chi connectivity index (χ0n) is 14.4. The Kier molecular flexibility index (Phi) is 4.92. The summed E-state index contributed by atoms with van der Waals surface area (Å²) >= 11 is 0. The van der Waals surface area contributed by atoms with Gasteiger partial charge in [-0.05, 0) is 80.6 Å². The van der Waals surface area contributed by atoms with Crippen molar-refractivity contribution in [1.82, 2.24) is 4.72 Å². The molecule has 0 bridgehead atoms.